The molecule has 0 heterocycles. The maximum atomic E-state index is 12.5. The van der Waals surface area contributed by atoms with Crippen molar-refractivity contribution in [1.29, 1.82) is 1.43 Å². The normalized spacial score (nSPS) is 23.9. The fraction of sp³-hybridized carbons (Fsp3) is 0.625. The van der Waals surface area contributed by atoms with Crippen molar-refractivity contribution in [3.05, 3.63) is 23.8 Å². The molecule has 0 saturated heterocycles. The Bertz CT molecular complexity index is 987. The molecule has 0 radical (unpaired) electrons. The highest BCUT2D eigenvalue weighted by Gasteiger charge is 2.47. The molecule has 0 aromatic heterocycles. The lowest BCUT2D eigenvalue weighted by molar-refractivity contribution is -0.174. The molecule has 1 aliphatic carbocycles. The molecule has 0 bridgehead atoms. The molecule has 0 aliphatic heterocycles. The predicted molar refractivity (Wildman–Crippen MR) is 128 cm³/mol. The molecule has 208 valence electrons. The first-order chi connectivity index (χ1) is 17.6. The SMILES string of the molecule is [2H]OC(=O)N(C)CCN(C)C(=O)OCc1ccc(OC(C)(C)C)cc1OC1C[C@H](C(=O)O)[C@@H](O)[C@H](O)[C@H]1O. The largest absolute Gasteiger partial charge is 0.488 e. The average molecular weight is 530 g/mol. The quantitative estimate of drug-likeness (QED) is 0.307. The summed E-state index contributed by atoms with van der Waals surface area (Å²) in [7, 11) is 2.86. The summed E-state index contributed by atoms with van der Waals surface area (Å²) in [6.45, 7) is 5.42. The van der Waals surface area contributed by atoms with Gasteiger partial charge in [0.05, 0.1) is 12.0 Å². The lowest BCUT2D eigenvalue weighted by Crippen LogP contribution is -2.57. The van der Waals surface area contributed by atoms with Gasteiger partial charge in [-0.25, -0.2) is 9.59 Å². The number of ether oxygens (including phenoxy) is 3. The van der Waals surface area contributed by atoms with Gasteiger partial charge in [-0.15, -0.1) is 0 Å². The molecule has 1 aromatic carbocycles. The van der Waals surface area contributed by atoms with Gasteiger partial charge in [-0.05, 0) is 32.9 Å². The third-order valence-corrected chi connectivity index (χ3v) is 5.78. The van der Waals surface area contributed by atoms with Gasteiger partial charge in [0, 0.05) is 45.2 Å². The lowest BCUT2D eigenvalue weighted by atomic mass is 9.80. The molecule has 1 aromatic rings. The van der Waals surface area contributed by atoms with Gasteiger partial charge in [-0.3, -0.25) is 4.79 Å². The van der Waals surface area contributed by atoms with E-state index in [9.17, 15) is 34.8 Å². The van der Waals surface area contributed by atoms with Crippen molar-refractivity contribution in [2.75, 3.05) is 27.2 Å². The van der Waals surface area contributed by atoms with Crippen LogP contribution in [0, 0.1) is 5.92 Å². The number of aliphatic carboxylic acids is 1. The molecule has 2 rings (SSSR count). The van der Waals surface area contributed by atoms with E-state index in [1.54, 1.807) is 12.1 Å². The molecule has 5 N–H and O–H groups in total. The van der Waals surface area contributed by atoms with Crippen molar-refractivity contribution < 1.29 is 54.1 Å². The summed E-state index contributed by atoms with van der Waals surface area (Å²) in [6, 6.07) is 4.71. The Balaban J connectivity index is 2.20. The van der Waals surface area contributed by atoms with E-state index in [1.165, 1.54) is 25.1 Å². The zero-order valence-electron chi connectivity index (χ0n) is 22.5. The van der Waals surface area contributed by atoms with Crippen LogP contribution in [0.3, 0.4) is 0 Å². The first kappa shape index (κ1) is 28.3. The number of amides is 2. The van der Waals surface area contributed by atoms with Crippen LogP contribution in [0.15, 0.2) is 18.2 Å². The molecular formula is C24H36N2O11. The van der Waals surface area contributed by atoms with Crippen molar-refractivity contribution in [2.24, 2.45) is 5.92 Å². The van der Waals surface area contributed by atoms with Crippen molar-refractivity contribution in [3.63, 3.8) is 0 Å². The third kappa shape index (κ3) is 8.37. The molecule has 1 saturated carbocycles. The fourth-order valence-electron chi connectivity index (χ4n) is 3.63. The summed E-state index contributed by atoms with van der Waals surface area (Å²) in [5.41, 5.74) is -0.199. The maximum Gasteiger partial charge on any atom is 0.409 e. The van der Waals surface area contributed by atoms with Gasteiger partial charge in [0.25, 0.3) is 1.43 Å². The first-order valence-electron chi connectivity index (χ1n) is 12.1. The number of aliphatic hydroxyl groups excluding tert-OH is 3. The van der Waals surface area contributed by atoms with E-state index in [1.807, 2.05) is 20.8 Å². The van der Waals surface area contributed by atoms with Gasteiger partial charge in [0.15, 0.2) is 0 Å². The average Bonchev–Trinajstić information content (AvgIpc) is 2.84. The van der Waals surface area contributed by atoms with Crippen molar-refractivity contribution in [3.8, 4) is 11.5 Å². The number of likely N-dealkylation sites (N-methyl/N-ethyl adjacent to an activating group) is 2. The number of carboxylic acids is 1. The molecule has 1 unspecified atom stereocenters. The standard InChI is InChI=1S/C24H36N2O11/c1-24(2,3)37-14-7-6-13(12-35-23(34)26(5)9-8-25(4)22(32)33)16(10-14)36-17-11-15(21(30)31)18(27)20(29)19(17)28/h6-7,10,15,17-20,27-29H,8-9,11-12H2,1-5H3,(H,30,31)(H,32,33)/t15-,17?,18+,19-,20-/m0/s1/i/hD. The summed E-state index contributed by atoms with van der Waals surface area (Å²) in [5.74, 6) is -2.20. The molecule has 2 amide bonds. The molecule has 13 nitrogen and oxygen atoms in total. The molecular weight excluding hydrogens is 492 g/mol. The Morgan fingerprint density at radius 1 is 1.05 bits per heavy atom. The Morgan fingerprint density at radius 2 is 1.70 bits per heavy atom. The van der Waals surface area contributed by atoms with Crippen molar-refractivity contribution in [2.45, 2.75) is 63.8 Å². The monoisotopic (exact) mass is 529 g/mol. The minimum absolute atomic E-state index is 0.0923. The second-order valence-electron chi connectivity index (χ2n) is 9.96. The first-order valence-corrected chi connectivity index (χ1v) is 11.7. The maximum absolute atomic E-state index is 12.5. The molecule has 0 spiro atoms. The topological polar surface area (TPSA) is 187 Å². The molecule has 1 fully saturated rings. The Kier molecular flexibility index (Phi) is 9.40. The number of nitrogens with zero attached hydrogens (tertiary/aromatic N) is 2. The minimum atomic E-state index is -1.75. The number of hydrogen-bond acceptors (Lipinski definition) is 10. The van der Waals surface area contributed by atoms with E-state index in [0.29, 0.717) is 11.3 Å². The Hall–Kier alpha value is -3.29. The number of benzene rings is 1. The van der Waals surface area contributed by atoms with E-state index in [4.69, 9.17) is 15.6 Å². The van der Waals surface area contributed by atoms with Crippen molar-refractivity contribution >= 4 is 18.2 Å². The van der Waals surface area contributed by atoms with Crippen LogP contribution in [0.1, 0.15) is 32.8 Å². The Labute approximate surface area is 216 Å². The van der Waals surface area contributed by atoms with Gasteiger partial charge in [-0.1, -0.05) is 0 Å². The van der Waals surface area contributed by atoms with Crippen LogP contribution < -0.4 is 9.47 Å². The second kappa shape index (κ2) is 12.3. The molecule has 37 heavy (non-hydrogen) atoms. The zero-order chi connectivity index (χ0) is 28.8. The van der Waals surface area contributed by atoms with Gasteiger partial charge in [-0.2, -0.15) is 0 Å². The van der Waals surface area contributed by atoms with Gasteiger partial charge in [0.1, 0.15) is 42.0 Å². The summed E-state index contributed by atoms with van der Waals surface area (Å²) in [6.07, 6.45) is -8.07. The third-order valence-electron chi connectivity index (χ3n) is 5.78. The summed E-state index contributed by atoms with van der Waals surface area (Å²) in [5, 5.41) is 44.0. The van der Waals surface area contributed by atoms with Crippen molar-refractivity contribution in [1.82, 2.24) is 9.80 Å². The van der Waals surface area contributed by atoms with Crippen LogP contribution >= 0.6 is 0 Å². The highest BCUT2D eigenvalue weighted by molar-refractivity contribution is 5.71. The van der Waals surface area contributed by atoms with E-state index in [0.717, 1.165) is 4.90 Å². The highest BCUT2D eigenvalue weighted by Crippen LogP contribution is 2.33. The number of aliphatic hydroxyl groups is 3. The fourth-order valence-corrected chi connectivity index (χ4v) is 3.63. The van der Waals surface area contributed by atoms with Crippen LogP contribution in [0.4, 0.5) is 9.59 Å². The summed E-state index contributed by atoms with van der Waals surface area (Å²) >= 11 is 0. The molecule has 13 heteroatoms. The number of carbonyl (C=O) groups excluding carboxylic acids is 1. The highest BCUT2D eigenvalue weighted by atomic mass is 16.6. The molecule has 5 atom stereocenters. The summed E-state index contributed by atoms with van der Waals surface area (Å²) in [4.78, 5) is 37.7. The number of carbonyl (C=O) groups is 3. The number of rotatable bonds is 9. The zero-order valence-corrected chi connectivity index (χ0v) is 21.5. The van der Waals surface area contributed by atoms with Crippen LogP contribution in [0.5, 0.6) is 11.5 Å². The smallest absolute Gasteiger partial charge is 0.409 e. The van der Waals surface area contributed by atoms with Gasteiger partial charge < -0.3 is 49.5 Å². The van der Waals surface area contributed by atoms with E-state index in [2.05, 4.69) is 5.11 Å². The molecule has 1 aliphatic rings. The van der Waals surface area contributed by atoms with Crippen LogP contribution in [0.2, 0.25) is 0 Å². The van der Waals surface area contributed by atoms with Crippen LogP contribution in [0.25, 0.3) is 1.43 Å². The van der Waals surface area contributed by atoms with E-state index >= 15 is 0 Å². The Morgan fingerprint density at radius 3 is 2.30 bits per heavy atom. The van der Waals surface area contributed by atoms with Crippen LogP contribution in [-0.4, -0.2) is 111 Å². The number of carboxylic acid groups (broad SMARTS) is 2. The van der Waals surface area contributed by atoms with E-state index in [-0.39, 0.29) is 31.9 Å². The second-order valence-corrected chi connectivity index (χ2v) is 9.96. The lowest BCUT2D eigenvalue weighted by Gasteiger charge is -2.38. The van der Waals surface area contributed by atoms with Gasteiger partial charge >= 0.3 is 18.2 Å². The predicted octanol–water partition coefficient (Wildman–Crippen LogP) is 0.977. The van der Waals surface area contributed by atoms with Crippen LogP contribution in [-0.2, 0) is 16.1 Å². The van der Waals surface area contributed by atoms with Gasteiger partial charge in [0.2, 0.25) is 0 Å². The van der Waals surface area contributed by atoms with E-state index < -0.39 is 54.1 Å². The summed E-state index contributed by atoms with van der Waals surface area (Å²) < 4.78 is 23.8. The number of hydrogen-bond donors (Lipinski definition) is 5. The minimum Gasteiger partial charge on any atom is -0.488 e.